The molecule has 68 valence electrons. The first kappa shape index (κ1) is 9.05. The first-order chi connectivity index (χ1) is 6.90. The van der Waals surface area contributed by atoms with Crippen LogP contribution in [0, 0.1) is 11.8 Å². The van der Waals surface area contributed by atoms with Crippen molar-refractivity contribution in [2.45, 2.75) is 0 Å². The summed E-state index contributed by atoms with van der Waals surface area (Å²) in [6.07, 6.45) is 1.78. The second-order valence-corrected chi connectivity index (χ2v) is 3.11. The Morgan fingerprint density at radius 3 is 3.07 bits per heavy atom. The Morgan fingerprint density at radius 1 is 1.29 bits per heavy atom. The molecule has 2 heteroatoms. The lowest BCUT2D eigenvalue weighted by Gasteiger charge is -1.95. The van der Waals surface area contributed by atoms with Crippen molar-refractivity contribution in [3.63, 3.8) is 0 Å². The fraction of sp³-hybridized carbons (Fsp3) is 0.0833. The Balaban J connectivity index is 2.51. The summed E-state index contributed by atoms with van der Waals surface area (Å²) < 4.78 is 0. The molecule has 14 heavy (non-hydrogen) atoms. The summed E-state index contributed by atoms with van der Waals surface area (Å²) in [6.45, 7) is 0. The van der Waals surface area contributed by atoms with Gasteiger partial charge in [-0.15, -0.1) is 11.6 Å². The van der Waals surface area contributed by atoms with E-state index in [1.807, 2.05) is 30.3 Å². The average molecular weight is 202 g/mol. The zero-order chi connectivity index (χ0) is 9.80. The van der Waals surface area contributed by atoms with Gasteiger partial charge in [-0.2, -0.15) is 0 Å². The Kier molecular flexibility index (Phi) is 2.67. The number of hydrogen-bond donors (Lipinski definition) is 0. The lowest BCUT2D eigenvalue weighted by Crippen LogP contribution is -1.79. The minimum Gasteiger partial charge on any atom is -0.256 e. The van der Waals surface area contributed by atoms with E-state index in [1.165, 1.54) is 0 Å². The van der Waals surface area contributed by atoms with Crippen LogP contribution in [0.5, 0.6) is 0 Å². The molecule has 0 aliphatic carbocycles. The van der Waals surface area contributed by atoms with Gasteiger partial charge in [-0.25, -0.2) is 0 Å². The molecule has 0 amide bonds. The molecular weight excluding hydrogens is 194 g/mol. The van der Waals surface area contributed by atoms with Gasteiger partial charge in [-0.1, -0.05) is 17.9 Å². The predicted molar refractivity (Wildman–Crippen MR) is 59.3 cm³/mol. The maximum atomic E-state index is 5.48. The fourth-order valence-corrected chi connectivity index (χ4v) is 1.36. The van der Waals surface area contributed by atoms with Crippen LogP contribution in [-0.4, -0.2) is 10.9 Å². The van der Waals surface area contributed by atoms with E-state index in [2.05, 4.69) is 16.8 Å². The molecule has 0 bridgehead atoms. The van der Waals surface area contributed by atoms with Crippen LogP contribution >= 0.6 is 11.6 Å². The maximum Gasteiger partial charge on any atom is 0.0839 e. The summed E-state index contributed by atoms with van der Waals surface area (Å²) in [5.41, 5.74) is 1.97. The van der Waals surface area contributed by atoms with Crippen LogP contribution in [0.3, 0.4) is 0 Å². The van der Waals surface area contributed by atoms with Gasteiger partial charge in [0.1, 0.15) is 0 Å². The third-order valence-corrected chi connectivity index (χ3v) is 2.04. The Morgan fingerprint density at radius 2 is 2.21 bits per heavy atom. The molecule has 1 aromatic carbocycles. The van der Waals surface area contributed by atoms with Crippen molar-refractivity contribution in [3.05, 3.63) is 42.1 Å². The number of alkyl halides is 1. The van der Waals surface area contributed by atoms with Crippen LogP contribution in [0.4, 0.5) is 0 Å². The van der Waals surface area contributed by atoms with E-state index in [9.17, 15) is 0 Å². The summed E-state index contributed by atoms with van der Waals surface area (Å²) in [4.78, 5) is 4.23. The maximum absolute atomic E-state index is 5.48. The smallest absolute Gasteiger partial charge is 0.0839 e. The number of rotatable bonds is 0. The van der Waals surface area contributed by atoms with Crippen LogP contribution in [-0.2, 0) is 0 Å². The first-order valence-corrected chi connectivity index (χ1v) is 4.83. The Labute approximate surface area is 87.7 Å². The molecule has 0 N–H and O–H groups in total. The third kappa shape index (κ3) is 1.86. The van der Waals surface area contributed by atoms with E-state index >= 15 is 0 Å². The molecule has 1 aromatic heterocycles. The van der Waals surface area contributed by atoms with Gasteiger partial charge in [-0.05, 0) is 24.3 Å². The third-order valence-electron chi connectivity index (χ3n) is 1.90. The zero-order valence-corrected chi connectivity index (χ0v) is 8.25. The highest BCUT2D eigenvalue weighted by Crippen LogP contribution is 2.12. The molecule has 0 aliphatic rings. The topological polar surface area (TPSA) is 12.9 Å². The monoisotopic (exact) mass is 201 g/mol. The molecule has 2 rings (SSSR count). The summed E-state index contributed by atoms with van der Waals surface area (Å²) in [7, 11) is 0. The zero-order valence-electron chi connectivity index (χ0n) is 7.50. The van der Waals surface area contributed by atoms with Crippen LogP contribution in [0.25, 0.3) is 10.9 Å². The quantitative estimate of drug-likeness (QED) is 0.472. The number of benzene rings is 1. The second kappa shape index (κ2) is 4.13. The lowest BCUT2D eigenvalue weighted by molar-refractivity contribution is 1.41. The van der Waals surface area contributed by atoms with Gasteiger partial charge in [-0.3, -0.25) is 4.98 Å². The van der Waals surface area contributed by atoms with Crippen molar-refractivity contribution in [1.82, 2.24) is 4.98 Å². The van der Waals surface area contributed by atoms with Gasteiger partial charge >= 0.3 is 0 Å². The number of aromatic nitrogens is 1. The van der Waals surface area contributed by atoms with E-state index in [0.717, 1.165) is 16.5 Å². The molecule has 0 unspecified atom stereocenters. The van der Waals surface area contributed by atoms with Crippen LogP contribution in [0.2, 0.25) is 0 Å². The van der Waals surface area contributed by atoms with Gasteiger partial charge in [0.25, 0.3) is 0 Å². The summed E-state index contributed by atoms with van der Waals surface area (Å²) >= 11 is 5.48. The highest BCUT2D eigenvalue weighted by atomic mass is 35.5. The predicted octanol–water partition coefficient (Wildman–Crippen LogP) is 2.83. The fourth-order valence-electron chi connectivity index (χ4n) is 1.29. The summed E-state index contributed by atoms with van der Waals surface area (Å²) in [6, 6.07) is 9.87. The molecule has 0 fully saturated rings. The van der Waals surface area contributed by atoms with Crippen molar-refractivity contribution < 1.29 is 0 Å². The number of pyridine rings is 1. The van der Waals surface area contributed by atoms with E-state index in [-0.39, 0.29) is 0 Å². The molecule has 0 atom stereocenters. The molecule has 0 aliphatic heterocycles. The Hall–Kier alpha value is -1.52. The second-order valence-electron chi connectivity index (χ2n) is 2.85. The molecule has 1 heterocycles. The largest absolute Gasteiger partial charge is 0.256 e. The number of fused-ring (bicyclic) bond motifs is 1. The van der Waals surface area contributed by atoms with Crippen molar-refractivity contribution in [1.29, 1.82) is 0 Å². The van der Waals surface area contributed by atoms with Gasteiger partial charge in [0.2, 0.25) is 0 Å². The minimum absolute atomic E-state index is 0.366. The lowest BCUT2D eigenvalue weighted by atomic mass is 10.1. The minimum atomic E-state index is 0.366. The van der Waals surface area contributed by atoms with Crippen LogP contribution in [0.1, 0.15) is 5.56 Å². The van der Waals surface area contributed by atoms with Crippen LogP contribution in [0.15, 0.2) is 36.5 Å². The molecule has 1 nitrogen and oxygen atoms in total. The summed E-state index contributed by atoms with van der Waals surface area (Å²) in [5, 5.41) is 1.11. The SMILES string of the molecule is ClCC#Cc1ccc2ncccc2c1. The highest BCUT2D eigenvalue weighted by molar-refractivity contribution is 6.19. The van der Waals surface area contributed by atoms with Crippen molar-refractivity contribution in [3.8, 4) is 11.8 Å². The molecular formula is C12H8ClN. The van der Waals surface area contributed by atoms with E-state index in [0.29, 0.717) is 5.88 Å². The van der Waals surface area contributed by atoms with Gasteiger partial charge < -0.3 is 0 Å². The molecule has 0 saturated heterocycles. The molecule has 2 aromatic rings. The van der Waals surface area contributed by atoms with Crippen LogP contribution < -0.4 is 0 Å². The molecule has 0 radical (unpaired) electrons. The van der Waals surface area contributed by atoms with E-state index in [1.54, 1.807) is 6.20 Å². The van der Waals surface area contributed by atoms with E-state index < -0.39 is 0 Å². The van der Waals surface area contributed by atoms with Gasteiger partial charge in [0, 0.05) is 17.1 Å². The molecule has 0 spiro atoms. The first-order valence-electron chi connectivity index (χ1n) is 4.30. The van der Waals surface area contributed by atoms with Crippen molar-refractivity contribution in [2.75, 3.05) is 5.88 Å². The standard InChI is InChI=1S/C12H8ClN/c13-7-1-3-10-5-6-12-11(9-10)4-2-8-14-12/h2,4-6,8-9H,7H2. The highest BCUT2D eigenvalue weighted by Gasteiger charge is 1.93. The summed E-state index contributed by atoms with van der Waals surface area (Å²) in [5.74, 6) is 6.17. The van der Waals surface area contributed by atoms with E-state index in [4.69, 9.17) is 11.6 Å². The normalized spacial score (nSPS) is 9.50. The van der Waals surface area contributed by atoms with Crippen molar-refractivity contribution in [2.24, 2.45) is 0 Å². The molecule has 0 saturated carbocycles. The van der Waals surface area contributed by atoms with Gasteiger partial charge in [0.05, 0.1) is 11.4 Å². The average Bonchev–Trinajstić information content (AvgIpc) is 2.26. The number of halogens is 1. The van der Waals surface area contributed by atoms with Gasteiger partial charge in [0.15, 0.2) is 0 Å². The number of nitrogens with zero attached hydrogens (tertiary/aromatic N) is 1. The Bertz CT molecular complexity index is 508. The number of hydrogen-bond acceptors (Lipinski definition) is 1. The van der Waals surface area contributed by atoms with Crippen molar-refractivity contribution >= 4 is 22.5 Å².